The molecule has 1 amide bonds. The molecule has 4 atom stereocenters. The Morgan fingerprint density at radius 3 is 2.56 bits per heavy atom. The highest BCUT2D eigenvalue weighted by molar-refractivity contribution is 5.82. The number of aliphatic hydroxyl groups is 1. The monoisotopic (exact) mass is 223 g/mol. The van der Waals surface area contributed by atoms with Gasteiger partial charge in [-0.05, 0) is 37.0 Å². The maximum Gasteiger partial charge on any atom is 0.226 e. The predicted octanol–water partition coefficient (Wildman–Crippen LogP) is 1.26. The summed E-state index contributed by atoms with van der Waals surface area (Å²) in [6, 6.07) is 0. The first kappa shape index (κ1) is 10.6. The highest BCUT2D eigenvalue weighted by Crippen LogP contribution is 2.58. The lowest BCUT2D eigenvalue weighted by Crippen LogP contribution is -2.46. The molecule has 3 rings (SSSR count). The molecule has 4 unspecified atom stereocenters. The largest absolute Gasteiger partial charge is 0.393 e. The van der Waals surface area contributed by atoms with Gasteiger partial charge in [0.1, 0.15) is 0 Å². The molecule has 3 nitrogen and oxygen atoms in total. The lowest BCUT2D eigenvalue weighted by molar-refractivity contribution is -0.136. The molecule has 0 bridgehead atoms. The Morgan fingerprint density at radius 1 is 1.25 bits per heavy atom. The molecule has 90 valence electrons. The molecule has 1 heterocycles. The Balaban J connectivity index is 1.60. The van der Waals surface area contributed by atoms with Gasteiger partial charge in [0.05, 0.1) is 6.10 Å². The normalized spacial score (nSPS) is 46.6. The molecule has 2 aliphatic carbocycles. The van der Waals surface area contributed by atoms with Crippen molar-refractivity contribution in [3.63, 3.8) is 0 Å². The van der Waals surface area contributed by atoms with Gasteiger partial charge < -0.3 is 10.0 Å². The molecular formula is C13H21NO2. The van der Waals surface area contributed by atoms with Gasteiger partial charge in [-0.3, -0.25) is 4.79 Å². The topological polar surface area (TPSA) is 40.5 Å². The van der Waals surface area contributed by atoms with Crippen molar-refractivity contribution in [1.29, 1.82) is 0 Å². The molecule has 1 N–H and O–H groups in total. The summed E-state index contributed by atoms with van der Waals surface area (Å²) in [5.74, 6) is 2.42. The second-order valence-electron chi connectivity index (χ2n) is 5.90. The van der Waals surface area contributed by atoms with Crippen LogP contribution in [0.4, 0.5) is 0 Å². The number of hydrogen-bond acceptors (Lipinski definition) is 2. The van der Waals surface area contributed by atoms with E-state index in [2.05, 4.69) is 0 Å². The van der Waals surface area contributed by atoms with Gasteiger partial charge in [-0.1, -0.05) is 13.3 Å². The van der Waals surface area contributed by atoms with Crippen LogP contribution < -0.4 is 0 Å². The Labute approximate surface area is 96.8 Å². The fourth-order valence-corrected chi connectivity index (χ4v) is 3.73. The van der Waals surface area contributed by atoms with Crippen molar-refractivity contribution in [2.75, 3.05) is 13.1 Å². The second kappa shape index (κ2) is 3.73. The average molecular weight is 223 g/mol. The quantitative estimate of drug-likeness (QED) is 0.727. The van der Waals surface area contributed by atoms with E-state index in [1.54, 1.807) is 0 Å². The van der Waals surface area contributed by atoms with Crippen LogP contribution in [-0.4, -0.2) is 35.1 Å². The molecule has 3 fully saturated rings. The lowest BCUT2D eigenvalue weighted by atomic mass is 9.96. The zero-order chi connectivity index (χ0) is 11.3. The summed E-state index contributed by atoms with van der Waals surface area (Å²) in [7, 11) is 0. The summed E-state index contributed by atoms with van der Waals surface area (Å²) in [5, 5.41) is 9.65. The standard InChI is InChI=1S/C13H21NO2/c1-8-7-14(6-5-11(8)15)13(16)12-9-3-2-4-10(9)12/h8-12,15H,2-7H2,1H3. The molecule has 0 aromatic heterocycles. The number of aliphatic hydroxyl groups excluding tert-OH is 1. The Kier molecular flexibility index (Phi) is 2.46. The van der Waals surface area contributed by atoms with Gasteiger partial charge in [-0.25, -0.2) is 0 Å². The first-order valence-electron chi connectivity index (χ1n) is 6.65. The molecular weight excluding hydrogens is 202 g/mol. The average Bonchev–Trinajstić information content (AvgIpc) is 2.74. The van der Waals surface area contributed by atoms with Crippen LogP contribution in [-0.2, 0) is 4.79 Å². The summed E-state index contributed by atoms with van der Waals surface area (Å²) in [6.07, 6.45) is 4.42. The van der Waals surface area contributed by atoms with Crippen molar-refractivity contribution in [3.05, 3.63) is 0 Å². The fraction of sp³-hybridized carbons (Fsp3) is 0.923. The van der Waals surface area contributed by atoms with Gasteiger partial charge in [-0.15, -0.1) is 0 Å². The molecule has 0 spiro atoms. The summed E-state index contributed by atoms with van der Waals surface area (Å²) in [6.45, 7) is 3.56. The third-order valence-electron chi connectivity index (χ3n) is 4.86. The third-order valence-corrected chi connectivity index (χ3v) is 4.86. The zero-order valence-corrected chi connectivity index (χ0v) is 9.93. The number of piperidine rings is 1. The Hall–Kier alpha value is -0.570. The Morgan fingerprint density at radius 2 is 1.94 bits per heavy atom. The van der Waals surface area contributed by atoms with Gasteiger partial charge in [0.2, 0.25) is 5.91 Å². The SMILES string of the molecule is CC1CN(C(=O)C2C3CCCC32)CCC1O. The maximum absolute atomic E-state index is 12.3. The number of nitrogens with zero attached hydrogens (tertiary/aromatic N) is 1. The van der Waals surface area contributed by atoms with Gasteiger partial charge >= 0.3 is 0 Å². The molecule has 0 radical (unpaired) electrons. The van der Waals surface area contributed by atoms with Crippen LogP contribution in [0.25, 0.3) is 0 Å². The van der Waals surface area contributed by atoms with Crippen LogP contribution in [0.2, 0.25) is 0 Å². The van der Waals surface area contributed by atoms with Gasteiger partial charge in [0.25, 0.3) is 0 Å². The van der Waals surface area contributed by atoms with E-state index in [-0.39, 0.29) is 12.0 Å². The first-order chi connectivity index (χ1) is 7.68. The summed E-state index contributed by atoms with van der Waals surface area (Å²) < 4.78 is 0. The van der Waals surface area contributed by atoms with E-state index in [1.165, 1.54) is 19.3 Å². The number of hydrogen-bond donors (Lipinski definition) is 1. The molecule has 1 aliphatic heterocycles. The zero-order valence-electron chi connectivity index (χ0n) is 9.93. The van der Waals surface area contributed by atoms with E-state index in [0.717, 1.165) is 31.3 Å². The fourth-order valence-electron chi connectivity index (χ4n) is 3.73. The van der Waals surface area contributed by atoms with Crippen LogP contribution in [0.1, 0.15) is 32.6 Å². The van der Waals surface area contributed by atoms with Gasteiger partial charge in [0.15, 0.2) is 0 Å². The van der Waals surface area contributed by atoms with E-state index in [1.807, 2.05) is 11.8 Å². The first-order valence-corrected chi connectivity index (χ1v) is 6.65. The lowest BCUT2D eigenvalue weighted by Gasteiger charge is -2.34. The number of likely N-dealkylation sites (tertiary alicyclic amines) is 1. The minimum atomic E-state index is -0.206. The van der Waals surface area contributed by atoms with Gasteiger partial charge in [-0.2, -0.15) is 0 Å². The highest BCUT2D eigenvalue weighted by atomic mass is 16.3. The van der Waals surface area contributed by atoms with Crippen molar-refractivity contribution >= 4 is 5.91 Å². The molecule has 3 heteroatoms. The molecule has 0 aromatic carbocycles. The van der Waals surface area contributed by atoms with Crippen LogP contribution in [0.3, 0.4) is 0 Å². The number of amides is 1. The van der Waals surface area contributed by atoms with Crippen molar-refractivity contribution in [1.82, 2.24) is 4.90 Å². The van der Waals surface area contributed by atoms with Crippen LogP contribution in [0, 0.1) is 23.7 Å². The number of carbonyl (C=O) groups excluding carboxylic acids is 1. The third kappa shape index (κ3) is 1.56. The van der Waals surface area contributed by atoms with Gasteiger partial charge in [0, 0.05) is 19.0 Å². The van der Waals surface area contributed by atoms with Crippen LogP contribution >= 0.6 is 0 Å². The molecule has 0 aromatic rings. The van der Waals surface area contributed by atoms with Crippen LogP contribution in [0.15, 0.2) is 0 Å². The molecule has 2 saturated carbocycles. The number of fused-ring (bicyclic) bond motifs is 1. The van der Waals surface area contributed by atoms with E-state index >= 15 is 0 Å². The Bertz CT molecular complexity index is 294. The minimum Gasteiger partial charge on any atom is -0.393 e. The van der Waals surface area contributed by atoms with Crippen molar-refractivity contribution < 1.29 is 9.90 Å². The van der Waals surface area contributed by atoms with Crippen molar-refractivity contribution in [2.45, 2.75) is 38.7 Å². The van der Waals surface area contributed by atoms with E-state index in [9.17, 15) is 9.90 Å². The summed E-state index contributed by atoms with van der Waals surface area (Å²) in [5.41, 5.74) is 0. The predicted molar refractivity (Wildman–Crippen MR) is 60.7 cm³/mol. The maximum atomic E-state index is 12.3. The second-order valence-corrected chi connectivity index (χ2v) is 5.90. The van der Waals surface area contributed by atoms with Crippen molar-refractivity contribution in [3.8, 4) is 0 Å². The van der Waals surface area contributed by atoms with Crippen molar-refractivity contribution in [2.24, 2.45) is 23.7 Å². The highest BCUT2D eigenvalue weighted by Gasteiger charge is 2.57. The van der Waals surface area contributed by atoms with E-state index < -0.39 is 0 Å². The number of rotatable bonds is 1. The number of carbonyl (C=O) groups is 1. The minimum absolute atomic E-state index is 0.206. The summed E-state index contributed by atoms with van der Waals surface area (Å²) >= 11 is 0. The van der Waals surface area contributed by atoms with E-state index in [0.29, 0.717) is 11.8 Å². The molecule has 1 saturated heterocycles. The molecule has 3 aliphatic rings. The van der Waals surface area contributed by atoms with Crippen LogP contribution in [0.5, 0.6) is 0 Å². The summed E-state index contributed by atoms with van der Waals surface area (Å²) in [4.78, 5) is 14.3. The van der Waals surface area contributed by atoms with E-state index in [4.69, 9.17) is 0 Å². The molecule has 16 heavy (non-hydrogen) atoms. The smallest absolute Gasteiger partial charge is 0.226 e.